The van der Waals surface area contributed by atoms with Gasteiger partial charge in [0.25, 0.3) is 0 Å². The summed E-state index contributed by atoms with van der Waals surface area (Å²) >= 11 is 0. The normalized spacial score (nSPS) is 11.4. The Balaban J connectivity index is 2.46. The average molecular weight is 260 g/mol. The summed E-state index contributed by atoms with van der Waals surface area (Å²) in [6.45, 7) is 0. The minimum absolute atomic E-state index is 0.0499. The second-order valence-electron chi connectivity index (χ2n) is 3.93. The van der Waals surface area contributed by atoms with E-state index < -0.39 is 17.6 Å². The quantitative estimate of drug-likeness (QED) is 0.676. The molecule has 2 aromatic rings. The van der Waals surface area contributed by atoms with Gasteiger partial charge in [-0.2, -0.15) is 0 Å². The van der Waals surface area contributed by atoms with Gasteiger partial charge in [0.05, 0.1) is 5.57 Å². The Morgan fingerprint density at radius 1 is 1.00 bits per heavy atom. The van der Waals surface area contributed by atoms with E-state index in [-0.39, 0.29) is 11.1 Å². The molecule has 2 rings (SSSR count). The molecule has 96 valence electrons. The molecule has 0 radical (unpaired) electrons. The van der Waals surface area contributed by atoms with Crippen LogP contribution in [0.4, 0.5) is 8.78 Å². The van der Waals surface area contributed by atoms with E-state index in [1.807, 2.05) is 0 Å². The Morgan fingerprint density at radius 2 is 1.68 bits per heavy atom. The molecule has 0 unspecified atom stereocenters. The van der Waals surface area contributed by atoms with Gasteiger partial charge in [-0.15, -0.1) is 0 Å². The summed E-state index contributed by atoms with van der Waals surface area (Å²) in [6, 6.07) is 10.7. The lowest BCUT2D eigenvalue weighted by Gasteiger charge is -2.03. The minimum Gasteiger partial charge on any atom is -0.478 e. The van der Waals surface area contributed by atoms with Crippen molar-refractivity contribution >= 4 is 17.6 Å². The Morgan fingerprint density at radius 3 is 2.26 bits per heavy atom. The van der Waals surface area contributed by atoms with Gasteiger partial charge in [0.2, 0.25) is 0 Å². The van der Waals surface area contributed by atoms with Crippen LogP contribution < -0.4 is 0 Å². The van der Waals surface area contributed by atoms with Crippen molar-refractivity contribution in [3.05, 3.63) is 71.3 Å². The molecule has 4 heteroatoms. The summed E-state index contributed by atoms with van der Waals surface area (Å²) in [6.07, 6.45) is 1.37. The zero-order valence-electron chi connectivity index (χ0n) is 9.81. The molecule has 0 aliphatic carbocycles. The first-order valence-corrected chi connectivity index (χ1v) is 5.53. The second-order valence-corrected chi connectivity index (χ2v) is 3.93. The molecule has 0 spiro atoms. The van der Waals surface area contributed by atoms with Crippen molar-refractivity contribution in [3.8, 4) is 0 Å². The summed E-state index contributed by atoms with van der Waals surface area (Å²) < 4.78 is 25.9. The van der Waals surface area contributed by atoms with E-state index >= 15 is 0 Å². The highest BCUT2D eigenvalue weighted by atomic mass is 19.1. The van der Waals surface area contributed by atoms with Gasteiger partial charge in [0.1, 0.15) is 11.6 Å². The highest BCUT2D eigenvalue weighted by Crippen LogP contribution is 2.19. The molecular weight excluding hydrogens is 250 g/mol. The summed E-state index contributed by atoms with van der Waals surface area (Å²) in [5.41, 5.74) is 0.742. The van der Waals surface area contributed by atoms with Gasteiger partial charge in [-0.05, 0) is 41.5 Å². The largest absolute Gasteiger partial charge is 0.478 e. The van der Waals surface area contributed by atoms with Crippen molar-refractivity contribution in [1.82, 2.24) is 0 Å². The molecule has 1 N–H and O–H groups in total. The summed E-state index contributed by atoms with van der Waals surface area (Å²) in [4.78, 5) is 11.2. The number of hydrogen-bond acceptors (Lipinski definition) is 1. The summed E-state index contributed by atoms with van der Waals surface area (Å²) in [5, 5.41) is 9.17. The van der Waals surface area contributed by atoms with Crippen LogP contribution in [-0.2, 0) is 4.79 Å². The number of hydrogen-bond donors (Lipinski definition) is 1. The number of carboxylic acid groups (broad SMARTS) is 1. The number of benzene rings is 2. The third kappa shape index (κ3) is 3.25. The van der Waals surface area contributed by atoms with Crippen LogP contribution in [-0.4, -0.2) is 11.1 Å². The molecule has 0 saturated heterocycles. The SMILES string of the molecule is O=C(O)/C(=C/c1ccc(F)cc1)c1cccc(F)c1. The fraction of sp³-hybridized carbons (Fsp3) is 0. The van der Waals surface area contributed by atoms with E-state index in [1.54, 1.807) is 0 Å². The molecule has 2 aromatic carbocycles. The highest BCUT2D eigenvalue weighted by Gasteiger charge is 2.11. The lowest BCUT2D eigenvalue weighted by Crippen LogP contribution is -2.00. The van der Waals surface area contributed by atoms with Crippen LogP contribution >= 0.6 is 0 Å². The van der Waals surface area contributed by atoms with Crippen LogP contribution in [0.5, 0.6) is 0 Å². The van der Waals surface area contributed by atoms with Crippen LogP contribution in [0.25, 0.3) is 11.6 Å². The van der Waals surface area contributed by atoms with Crippen molar-refractivity contribution < 1.29 is 18.7 Å². The van der Waals surface area contributed by atoms with Gasteiger partial charge < -0.3 is 5.11 Å². The first-order valence-electron chi connectivity index (χ1n) is 5.53. The van der Waals surface area contributed by atoms with E-state index in [2.05, 4.69) is 0 Å². The smallest absolute Gasteiger partial charge is 0.336 e. The van der Waals surface area contributed by atoms with Crippen LogP contribution in [0.1, 0.15) is 11.1 Å². The van der Waals surface area contributed by atoms with E-state index in [9.17, 15) is 13.6 Å². The maximum absolute atomic E-state index is 13.1. The molecule has 2 nitrogen and oxygen atoms in total. The van der Waals surface area contributed by atoms with Crippen LogP contribution in [0, 0.1) is 11.6 Å². The number of carbonyl (C=O) groups is 1. The van der Waals surface area contributed by atoms with Gasteiger partial charge in [-0.25, -0.2) is 13.6 Å². The van der Waals surface area contributed by atoms with Crippen LogP contribution in [0.15, 0.2) is 48.5 Å². The van der Waals surface area contributed by atoms with Gasteiger partial charge in [-0.1, -0.05) is 24.3 Å². The molecule has 0 aliphatic heterocycles. The maximum atomic E-state index is 13.1. The molecule has 0 amide bonds. The van der Waals surface area contributed by atoms with Crippen molar-refractivity contribution in [2.24, 2.45) is 0 Å². The minimum atomic E-state index is -1.17. The zero-order chi connectivity index (χ0) is 13.8. The first kappa shape index (κ1) is 13.0. The molecule has 0 heterocycles. The van der Waals surface area contributed by atoms with E-state index in [0.717, 1.165) is 6.07 Å². The lowest BCUT2D eigenvalue weighted by atomic mass is 10.0. The molecule has 0 saturated carbocycles. The van der Waals surface area contributed by atoms with Gasteiger partial charge in [0, 0.05) is 0 Å². The van der Waals surface area contributed by atoms with Crippen molar-refractivity contribution in [2.45, 2.75) is 0 Å². The molecule has 0 aliphatic rings. The Kier molecular flexibility index (Phi) is 3.71. The fourth-order valence-electron chi connectivity index (χ4n) is 1.65. The van der Waals surface area contributed by atoms with Gasteiger partial charge in [-0.3, -0.25) is 0 Å². The molecule has 0 aromatic heterocycles. The number of halogens is 2. The van der Waals surface area contributed by atoms with Crippen LogP contribution in [0.3, 0.4) is 0 Å². The standard InChI is InChI=1S/C15H10F2O2/c16-12-6-4-10(5-7-12)8-14(15(18)19)11-2-1-3-13(17)9-11/h1-9H,(H,18,19)/b14-8+. The monoisotopic (exact) mass is 260 g/mol. The van der Waals surface area contributed by atoms with Crippen molar-refractivity contribution in [2.75, 3.05) is 0 Å². The Labute approximate surface area is 108 Å². The topological polar surface area (TPSA) is 37.3 Å². The van der Waals surface area contributed by atoms with Crippen LogP contribution in [0.2, 0.25) is 0 Å². The molecule has 0 atom stereocenters. The third-order valence-electron chi connectivity index (χ3n) is 2.55. The number of carboxylic acids is 1. The fourth-order valence-corrected chi connectivity index (χ4v) is 1.65. The van der Waals surface area contributed by atoms with E-state index in [4.69, 9.17) is 5.11 Å². The maximum Gasteiger partial charge on any atom is 0.336 e. The van der Waals surface area contributed by atoms with Gasteiger partial charge in [0.15, 0.2) is 0 Å². The molecule has 0 fully saturated rings. The van der Waals surface area contributed by atoms with E-state index in [1.165, 1.54) is 48.5 Å². The van der Waals surface area contributed by atoms with Crippen molar-refractivity contribution in [1.29, 1.82) is 0 Å². The van der Waals surface area contributed by atoms with Crippen molar-refractivity contribution in [3.63, 3.8) is 0 Å². The molecular formula is C15H10F2O2. The highest BCUT2D eigenvalue weighted by molar-refractivity contribution is 6.20. The van der Waals surface area contributed by atoms with Gasteiger partial charge >= 0.3 is 5.97 Å². The van der Waals surface area contributed by atoms with E-state index in [0.29, 0.717) is 5.56 Å². The average Bonchev–Trinajstić information content (AvgIpc) is 2.37. The second kappa shape index (κ2) is 5.44. The molecule has 19 heavy (non-hydrogen) atoms. The number of rotatable bonds is 3. The predicted octanol–water partition coefficient (Wildman–Crippen LogP) is 3.59. The lowest BCUT2D eigenvalue weighted by molar-refractivity contribution is -0.130. The number of aliphatic carboxylic acids is 1. The summed E-state index contributed by atoms with van der Waals surface area (Å²) in [5.74, 6) is -2.08. The zero-order valence-corrected chi connectivity index (χ0v) is 9.81. The summed E-state index contributed by atoms with van der Waals surface area (Å²) in [7, 11) is 0. The Hall–Kier alpha value is -2.49. The predicted molar refractivity (Wildman–Crippen MR) is 68.3 cm³/mol. The third-order valence-corrected chi connectivity index (χ3v) is 2.55. The Bertz CT molecular complexity index is 631. The first-order chi connectivity index (χ1) is 9.06. The molecule has 0 bridgehead atoms.